The fraction of sp³-hybridized carbons (Fsp3) is 0.111. The molecular weight excluding hydrogens is 360 g/mol. The molecule has 4 rings (SSSR count). The van der Waals surface area contributed by atoms with Crippen LogP contribution >= 0.6 is 22.9 Å². The van der Waals surface area contributed by atoms with Crippen molar-refractivity contribution in [3.8, 4) is 23.8 Å². The summed E-state index contributed by atoms with van der Waals surface area (Å²) in [5, 5.41) is 0.565. The highest BCUT2D eigenvalue weighted by Gasteiger charge is 2.17. The quantitative estimate of drug-likeness (QED) is 0.649. The van der Waals surface area contributed by atoms with Crippen molar-refractivity contribution in [1.82, 2.24) is 4.57 Å². The Morgan fingerprint density at radius 2 is 2.00 bits per heavy atom. The monoisotopic (exact) mass is 370 g/mol. The topological polar surface area (TPSA) is 52.8 Å². The number of fused-ring (bicyclic) bond motifs is 2. The van der Waals surface area contributed by atoms with E-state index >= 15 is 0 Å². The Hall–Kier alpha value is -2.75. The van der Waals surface area contributed by atoms with Gasteiger partial charge in [-0.2, -0.15) is 4.99 Å². The van der Waals surface area contributed by atoms with Crippen LogP contribution < -0.4 is 14.3 Å². The first-order chi connectivity index (χ1) is 12.2. The lowest BCUT2D eigenvalue weighted by molar-refractivity contribution is 0.0998. The number of hydrogen-bond donors (Lipinski definition) is 0. The van der Waals surface area contributed by atoms with Gasteiger partial charge in [0.1, 0.15) is 0 Å². The highest BCUT2D eigenvalue weighted by atomic mass is 35.5. The first kappa shape index (κ1) is 15.8. The van der Waals surface area contributed by atoms with Crippen molar-refractivity contribution in [2.75, 3.05) is 6.79 Å². The SMILES string of the molecule is C#CCn1c(=NC(=O)c2ccc(Cl)cc2)sc2cc3c(cc21)OCO3. The van der Waals surface area contributed by atoms with E-state index in [1.54, 1.807) is 24.3 Å². The number of halogens is 1. The number of benzene rings is 2. The van der Waals surface area contributed by atoms with Gasteiger partial charge >= 0.3 is 0 Å². The number of terminal acetylenes is 1. The maximum atomic E-state index is 12.4. The number of aromatic nitrogens is 1. The molecule has 0 saturated heterocycles. The molecule has 1 aliphatic rings. The van der Waals surface area contributed by atoms with Crippen molar-refractivity contribution in [2.45, 2.75) is 6.54 Å². The molecule has 2 aromatic carbocycles. The van der Waals surface area contributed by atoms with Gasteiger partial charge in [0.2, 0.25) is 6.79 Å². The van der Waals surface area contributed by atoms with E-state index in [9.17, 15) is 4.79 Å². The predicted molar refractivity (Wildman–Crippen MR) is 96.1 cm³/mol. The molecule has 1 aliphatic heterocycles. The lowest BCUT2D eigenvalue weighted by Gasteiger charge is -2.01. The molecule has 0 unspecified atom stereocenters. The number of carbonyl (C=O) groups is 1. The Morgan fingerprint density at radius 1 is 1.28 bits per heavy atom. The van der Waals surface area contributed by atoms with Crippen LogP contribution in [-0.4, -0.2) is 17.3 Å². The van der Waals surface area contributed by atoms with Crippen LogP contribution in [0.4, 0.5) is 0 Å². The Balaban J connectivity index is 1.85. The highest BCUT2D eigenvalue weighted by Crippen LogP contribution is 2.36. The van der Waals surface area contributed by atoms with Crippen LogP contribution in [0.5, 0.6) is 11.5 Å². The van der Waals surface area contributed by atoms with Crippen LogP contribution in [-0.2, 0) is 6.54 Å². The molecule has 124 valence electrons. The van der Waals surface area contributed by atoms with Gasteiger partial charge in [-0.15, -0.1) is 6.42 Å². The van der Waals surface area contributed by atoms with Gasteiger partial charge < -0.3 is 14.0 Å². The fourth-order valence-corrected chi connectivity index (χ4v) is 3.70. The molecule has 1 aromatic heterocycles. The molecule has 0 atom stereocenters. The summed E-state index contributed by atoms with van der Waals surface area (Å²) in [5.74, 6) is 3.58. The molecule has 3 aromatic rings. The molecule has 1 amide bonds. The van der Waals surface area contributed by atoms with E-state index in [1.807, 2.05) is 16.7 Å². The van der Waals surface area contributed by atoms with Gasteiger partial charge in [0.15, 0.2) is 16.3 Å². The summed E-state index contributed by atoms with van der Waals surface area (Å²) >= 11 is 7.23. The summed E-state index contributed by atoms with van der Waals surface area (Å²) in [6.07, 6.45) is 5.49. The van der Waals surface area contributed by atoms with Crippen LogP contribution in [0, 0.1) is 12.3 Å². The Bertz CT molecular complexity index is 1090. The predicted octanol–water partition coefficient (Wildman–Crippen LogP) is 3.46. The zero-order chi connectivity index (χ0) is 17.4. The number of carbonyl (C=O) groups excluding carboxylic acids is 1. The largest absolute Gasteiger partial charge is 0.454 e. The Morgan fingerprint density at radius 3 is 2.72 bits per heavy atom. The van der Waals surface area contributed by atoms with E-state index in [0.717, 1.165) is 10.2 Å². The molecule has 5 nitrogen and oxygen atoms in total. The van der Waals surface area contributed by atoms with Crippen LogP contribution in [0.15, 0.2) is 41.4 Å². The van der Waals surface area contributed by atoms with Crippen LogP contribution in [0.25, 0.3) is 10.2 Å². The van der Waals surface area contributed by atoms with Crippen molar-refractivity contribution in [2.24, 2.45) is 4.99 Å². The number of rotatable bonds is 2. The van der Waals surface area contributed by atoms with Crippen molar-refractivity contribution in [3.63, 3.8) is 0 Å². The van der Waals surface area contributed by atoms with Crippen molar-refractivity contribution >= 4 is 39.1 Å². The van der Waals surface area contributed by atoms with E-state index < -0.39 is 0 Å². The average molecular weight is 371 g/mol. The number of thiazole rings is 1. The third kappa shape index (κ3) is 2.88. The Kier molecular flexibility index (Phi) is 3.96. The second-order valence-electron chi connectivity index (χ2n) is 5.27. The zero-order valence-corrected chi connectivity index (χ0v) is 14.4. The van der Waals surface area contributed by atoms with Crippen molar-refractivity contribution in [3.05, 3.63) is 51.8 Å². The fourth-order valence-electron chi connectivity index (χ4n) is 2.53. The van der Waals surface area contributed by atoms with E-state index in [-0.39, 0.29) is 12.7 Å². The first-order valence-electron chi connectivity index (χ1n) is 7.37. The van der Waals surface area contributed by atoms with Gasteiger partial charge in [0, 0.05) is 22.7 Å². The minimum atomic E-state index is -0.353. The number of ether oxygens (including phenoxy) is 2. The molecule has 0 aliphatic carbocycles. The Labute approximate surface area is 152 Å². The number of nitrogens with zero attached hydrogens (tertiary/aromatic N) is 2. The van der Waals surface area contributed by atoms with Gasteiger partial charge in [-0.1, -0.05) is 28.9 Å². The maximum Gasteiger partial charge on any atom is 0.279 e. The molecule has 25 heavy (non-hydrogen) atoms. The molecule has 0 N–H and O–H groups in total. The molecule has 0 saturated carbocycles. The number of amides is 1. The molecular formula is C18H11ClN2O3S. The molecule has 0 bridgehead atoms. The van der Waals surface area contributed by atoms with Crippen LogP contribution in [0.2, 0.25) is 5.02 Å². The standard InChI is InChI=1S/C18H11ClN2O3S/c1-2-7-21-13-8-14-15(24-10-23-14)9-16(13)25-18(21)20-17(22)11-3-5-12(19)6-4-11/h1,3-6,8-9H,7,10H2. The summed E-state index contributed by atoms with van der Waals surface area (Å²) in [5.41, 5.74) is 1.32. The third-order valence-corrected chi connectivity index (χ3v) is 5.01. The molecule has 0 fully saturated rings. The summed E-state index contributed by atoms with van der Waals surface area (Å²) in [7, 11) is 0. The zero-order valence-electron chi connectivity index (χ0n) is 12.9. The first-order valence-corrected chi connectivity index (χ1v) is 8.56. The van der Waals surface area contributed by atoms with Gasteiger partial charge in [-0.05, 0) is 24.3 Å². The van der Waals surface area contributed by atoms with Gasteiger partial charge in [-0.25, -0.2) is 0 Å². The second-order valence-corrected chi connectivity index (χ2v) is 6.72. The molecule has 2 heterocycles. The summed E-state index contributed by atoms with van der Waals surface area (Å²) in [6, 6.07) is 10.3. The van der Waals surface area contributed by atoms with E-state index in [0.29, 0.717) is 33.4 Å². The van der Waals surface area contributed by atoms with Crippen molar-refractivity contribution in [1.29, 1.82) is 0 Å². The van der Waals surface area contributed by atoms with E-state index in [1.165, 1.54) is 11.3 Å². The van der Waals surface area contributed by atoms with E-state index in [2.05, 4.69) is 10.9 Å². The van der Waals surface area contributed by atoms with Crippen LogP contribution in [0.1, 0.15) is 10.4 Å². The summed E-state index contributed by atoms with van der Waals surface area (Å²) < 4.78 is 13.6. The lowest BCUT2D eigenvalue weighted by atomic mass is 10.2. The lowest BCUT2D eigenvalue weighted by Crippen LogP contribution is -2.16. The third-order valence-electron chi connectivity index (χ3n) is 3.71. The average Bonchev–Trinajstić information content (AvgIpc) is 3.18. The molecule has 7 heteroatoms. The van der Waals surface area contributed by atoms with E-state index in [4.69, 9.17) is 27.5 Å². The van der Waals surface area contributed by atoms with Crippen LogP contribution in [0.3, 0.4) is 0 Å². The minimum absolute atomic E-state index is 0.202. The smallest absolute Gasteiger partial charge is 0.279 e. The normalized spacial score (nSPS) is 13.2. The van der Waals surface area contributed by atoms with Gasteiger partial charge in [-0.3, -0.25) is 4.79 Å². The van der Waals surface area contributed by atoms with Gasteiger partial charge in [0.25, 0.3) is 5.91 Å². The molecule has 0 spiro atoms. The van der Waals surface area contributed by atoms with Crippen molar-refractivity contribution < 1.29 is 14.3 Å². The molecule has 0 radical (unpaired) electrons. The number of hydrogen-bond acceptors (Lipinski definition) is 4. The maximum absolute atomic E-state index is 12.4. The second kappa shape index (κ2) is 6.28. The summed E-state index contributed by atoms with van der Waals surface area (Å²) in [4.78, 5) is 17.2. The minimum Gasteiger partial charge on any atom is -0.454 e. The summed E-state index contributed by atoms with van der Waals surface area (Å²) in [6.45, 7) is 0.500. The highest BCUT2D eigenvalue weighted by molar-refractivity contribution is 7.16. The van der Waals surface area contributed by atoms with Gasteiger partial charge in [0.05, 0.1) is 16.8 Å².